The van der Waals surface area contributed by atoms with E-state index in [9.17, 15) is 0 Å². The van der Waals surface area contributed by atoms with E-state index in [4.69, 9.17) is 21.1 Å². The van der Waals surface area contributed by atoms with Crippen LogP contribution in [0, 0.1) is 0 Å². The molecule has 0 aliphatic carbocycles. The Morgan fingerprint density at radius 3 is 2.61 bits per heavy atom. The van der Waals surface area contributed by atoms with Gasteiger partial charge in [-0.3, -0.25) is 0 Å². The lowest BCUT2D eigenvalue weighted by molar-refractivity contribution is 0.0846. The van der Waals surface area contributed by atoms with Crippen LogP contribution in [0.15, 0.2) is 24.3 Å². The molecule has 1 aliphatic heterocycles. The summed E-state index contributed by atoms with van der Waals surface area (Å²) < 4.78 is 11.1. The zero-order valence-corrected chi connectivity index (χ0v) is 11.4. The van der Waals surface area contributed by atoms with E-state index in [1.54, 1.807) is 0 Å². The zero-order valence-electron chi connectivity index (χ0n) is 10.6. The molecule has 18 heavy (non-hydrogen) atoms. The Morgan fingerprint density at radius 1 is 1.06 bits per heavy atom. The Morgan fingerprint density at radius 2 is 1.83 bits per heavy atom. The summed E-state index contributed by atoms with van der Waals surface area (Å²) in [5.74, 6) is 0.724. The molecule has 0 unspecified atom stereocenters. The minimum absolute atomic E-state index is 0.545. The maximum absolute atomic E-state index is 5.98. The molecule has 0 radical (unpaired) electrons. The second-order valence-corrected chi connectivity index (χ2v) is 4.85. The van der Waals surface area contributed by atoms with Crippen LogP contribution in [0.4, 0.5) is 0 Å². The standard InChI is InChI=1S/C14H20ClNO2/c15-13-5-1-2-6-14(13)18-12-11-17-10-9-16-7-3-4-8-16/h1-2,5-6H,3-4,7-12H2. The molecule has 0 aromatic heterocycles. The molecule has 0 bridgehead atoms. The summed E-state index contributed by atoms with van der Waals surface area (Å²) in [5, 5.41) is 0.648. The predicted molar refractivity (Wildman–Crippen MR) is 73.4 cm³/mol. The number of nitrogens with zero attached hydrogens (tertiary/aromatic N) is 1. The van der Waals surface area contributed by atoms with Gasteiger partial charge in [0.2, 0.25) is 0 Å². The van der Waals surface area contributed by atoms with Gasteiger partial charge in [-0.15, -0.1) is 0 Å². The lowest BCUT2D eigenvalue weighted by Crippen LogP contribution is -2.24. The lowest BCUT2D eigenvalue weighted by Gasteiger charge is -2.14. The van der Waals surface area contributed by atoms with E-state index < -0.39 is 0 Å². The van der Waals surface area contributed by atoms with Crippen molar-refractivity contribution < 1.29 is 9.47 Å². The number of benzene rings is 1. The van der Waals surface area contributed by atoms with Gasteiger partial charge >= 0.3 is 0 Å². The number of para-hydroxylation sites is 1. The molecule has 0 saturated carbocycles. The van der Waals surface area contributed by atoms with E-state index in [1.165, 1.54) is 25.9 Å². The highest BCUT2D eigenvalue weighted by molar-refractivity contribution is 6.32. The topological polar surface area (TPSA) is 21.7 Å². The van der Waals surface area contributed by atoms with Gasteiger partial charge in [-0.1, -0.05) is 23.7 Å². The first-order chi connectivity index (χ1) is 8.86. The smallest absolute Gasteiger partial charge is 0.138 e. The second kappa shape index (κ2) is 7.62. The van der Waals surface area contributed by atoms with Crippen molar-refractivity contribution in [1.82, 2.24) is 4.90 Å². The Labute approximate surface area is 114 Å². The fourth-order valence-corrected chi connectivity index (χ4v) is 2.26. The van der Waals surface area contributed by atoms with Gasteiger partial charge in [0.25, 0.3) is 0 Å². The maximum atomic E-state index is 5.98. The normalized spacial score (nSPS) is 16.1. The Bertz CT molecular complexity index is 353. The molecule has 0 N–H and O–H groups in total. The van der Waals surface area contributed by atoms with Gasteiger partial charge in [-0.2, -0.15) is 0 Å². The number of likely N-dealkylation sites (tertiary alicyclic amines) is 1. The van der Waals surface area contributed by atoms with Gasteiger partial charge in [-0.25, -0.2) is 0 Å². The number of halogens is 1. The van der Waals surface area contributed by atoms with Crippen molar-refractivity contribution in [2.75, 3.05) is 39.5 Å². The Kier molecular flexibility index (Phi) is 5.78. The van der Waals surface area contributed by atoms with Crippen molar-refractivity contribution in [3.05, 3.63) is 29.3 Å². The number of hydrogen-bond acceptors (Lipinski definition) is 3. The molecule has 0 amide bonds. The molecule has 2 rings (SSSR count). The molecule has 100 valence electrons. The maximum Gasteiger partial charge on any atom is 0.138 e. The third-order valence-corrected chi connectivity index (χ3v) is 3.38. The molecule has 1 fully saturated rings. The molecule has 0 spiro atoms. The number of ether oxygens (including phenoxy) is 2. The molecule has 3 nitrogen and oxygen atoms in total. The molecule has 0 atom stereocenters. The third kappa shape index (κ3) is 4.48. The Hall–Kier alpha value is -0.770. The summed E-state index contributed by atoms with van der Waals surface area (Å²) in [6, 6.07) is 7.49. The first kappa shape index (κ1) is 13.7. The highest BCUT2D eigenvalue weighted by Crippen LogP contribution is 2.22. The van der Waals surface area contributed by atoms with Crippen LogP contribution in [0.3, 0.4) is 0 Å². The first-order valence-corrected chi connectivity index (χ1v) is 6.91. The summed E-state index contributed by atoms with van der Waals surface area (Å²) in [4.78, 5) is 2.44. The summed E-state index contributed by atoms with van der Waals surface area (Å²) in [5.41, 5.74) is 0. The monoisotopic (exact) mass is 269 g/mol. The second-order valence-electron chi connectivity index (χ2n) is 4.44. The van der Waals surface area contributed by atoms with E-state index >= 15 is 0 Å². The fraction of sp³-hybridized carbons (Fsp3) is 0.571. The molecule has 1 heterocycles. The molecule has 1 saturated heterocycles. The summed E-state index contributed by atoms with van der Waals surface area (Å²) in [6.45, 7) is 5.42. The van der Waals surface area contributed by atoms with Crippen LogP contribution in [0.1, 0.15) is 12.8 Å². The number of rotatable bonds is 7. The lowest BCUT2D eigenvalue weighted by atomic mass is 10.3. The highest BCUT2D eigenvalue weighted by atomic mass is 35.5. The minimum atomic E-state index is 0.545. The molecular weight excluding hydrogens is 250 g/mol. The molecular formula is C14H20ClNO2. The van der Waals surface area contributed by atoms with Crippen molar-refractivity contribution in [3.63, 3.8) is 0 Å². The quantitative estimate of drug-likeness (QED) is 0.711. The summed E-state index contributed by atoms with van der Waals surface area (Å²) in [7, 11) is 0. The molecule has 1 aromatic carbocycles. The first-order valence-electron chi connectivity index (χ1n) is 6.54. The van der Waals surface area contributed by atoms with Crippen molar-refractivity contribution >= 4 is 11.6 Å². The van der Waals surface area contributed by atoms with E-state index in [0.717, 1.165) is 18.9 Å². The van der Waals surface area contributed by atoms with Crippen LogP contribution in [-0.2, 0) is 4.74 Å². The number of hydrogen-bond donors (Lipinski definition) is 0. The van der Waals surface area contributed by atoms with Gasteiger partial charge in [0.05, 0.1) is 18.2 Å². The minimum Gasteiger partial charge on any atom is -0.490 e. The van der Waals surface area contributed by atoms with Crippen LogP contribution < -0.4 is 4.74 Å². The predicted octanol–water partition coefficient (Wildman–Crippen LogP) is 2.83. The van der Waals surface area contributed by atoms with Gasteiger partial charge < -0.3 is 14.4 Å². The van der Waals surface area contributed by atoms with E-state index in [-0.39, 0.29) is 0 Å². The van der Waals surface area contributed by atoms with Crippen molar-refractivity contribution in [1.29, 1.82) is 0 Å². The highest BCUT2D eigenvalue weighted by Gasteiger charge is 2.10. The van der Waals surface area contributed by atoms with Gasteiger partial charge in [0.15, 0.2) is 0 Å². The van der Waals surface area contributed by atoms with Crippen LogP contribution in [0.5, 0.6) is 5.75 Å². The van der Waals surface area contributed by atoms with Crippen LogP contribution >= 0.6 is 11.6 Å². The van der Waals surface area contributed by atoms with Gasteiger partial charge in [0.1, 0.15) is 12.4 Å². The average molecular weight is 270 g/mol. The zero-order chi connectivity index (χ0) is 12.6. The van der Waals surface area contributed by atoms with Crippen molar-refractivity contribution in [3.8, 4) is 5.75 Å². The van der Waals surface area contributed by atoms with E-state index in [2.05, 4.69) is 4.90 Å². The molecule has 1 aromatic rings. The van der Waals surface area contributed by atoms with E-state index in [1.807, 2.05) is 24.3 Å². The third-order valence-electron chi connectivity index (χ3n) is 3.07. The SMILES string of the molecule is Clc1ccccc1OCCOCCN1CCCC1. The van der Waals surface area contributed by atoms with Crippen LogP contribution in [-0.4, -0.2) is 44.4 Å². The van der Waals surface area contributed by atoms with Gasteiger partial charge in [-0.05, 0) is 38.1 Å². The average Bonchev–Trinajstić information content (AvgIpc) is 2.89. The summed E-state index contributed by atoms with van der Waals surface area (Å²) >= 11 is 5.98. The van der Waals surface area contributed by atoms with Crippen molar-refractivity contribution in [2.45, 2.75) is 12.8 Å². The van der Waals surface area contributed by atoms with Crippen LogP contribution in [0.25, 0.3) is 0 Å². The largest absolute Gasteiger partial charge is 0.490 e. The summed E-state index contributed by atoms with van der Waals surface area (Å²) in [6.07, 6.45) is 2.66. The fourth-order valence-electron chi connectivity index (χ4n) is 2.07. The molecule has 1 aliphatic rings. The van der Waals surface area contributed by atoms with Crippen LogP contribution in [0.2, 0.25) is 5.02 Å². The van der Waals surface area contributed by atoms with Gasteiger partial charge in [0, 0.05) is 6.54 Å². The van der Waals surface area contributed by atoms with E-state index in [0.29, 0.717) is 18.2 Å². The van der Waals surface area contributed by atoms with Crippen molar-refractivity contribution in [2.24, 2.45) is 0 Å². The molecule has 4 heteroatoms. The Balaban J connectivity index is 1.52.